The van der Waals surface area contributed by atoms with Crippen LogP contribution in [0.3, 0.4) is 0 Å². The Morgan fingerprint density at radius 3 is 1.47 bits per heavy atom. The summed E-state index contributed by atoms with van der Waals surface area (Å²) >= 11 is 0. The molecule has 0 aliphatic carbocycles. The van der Waals surface area contributed by atoms with E-state index in [0.717, 1.165) is 11.5 Å². The van der Waals surface area contributed by atoms with Crippen molar-refractivity contribution in [3.8, 4) is 11.5 Å². The summed E-state index contributed by atoms with van der Waals surface area (Å²) in [5.41, 5.74) is -0.775. The monoisotopic (exact) mass is 246 g/mol. The fourth-order valence-electron chi connectivity index (χ4n) is 1.47. The van der Waals surface area contributed by atoms with Gasteiger partial charge in [0.25, 0.3) is 5.53 Å². The summed E-state index contributed by atoms with van der Waals surface area (Å²) in [7, 11) is 2.57. The number of para-hydroxylation sites is 2. The third-order valence-corrected chi connectivity index (χ3v) is 2.36. The minimum Gasteiger partial charge on any atom is -0.450 e. The van der Waals surface area contributed by atoms with Crippen LogP contribution in [0.25, 0.3) is 0 Å². The van der Waals surface area contributed by atoms with Crippen LogP contribution in [0, 0.1) is 0 Å². The molecule has 0 spiro atoms. The summed E-state index contributed by atoms with van der Waals surface area (Å²) in [6, 6.07) is 19.2. The predicted octanol–water partition coefficient (Wildman–Crippen LogP) is 3.69. The van der Waals surface area contributed by atoms with Crippen LogP contribution in [-0.4, -0.2) is 5.53 Å². The van der Waals surface area contributed by atoms with Crippen molar-refractivity contribution in [3.05, 3.63) is 60.7 Å². The maximum absolute atomic E-state index is 5.75. The molecule has 88 valence electrons. The molecule has 0 saturated carbocycles. The Morgan fingerprint density at radius 2 is 1.12 bits per heavy atom. The van der Waals surface area contributed by atoms with Crippen LogP contribution in [0.2, 0.25) is 0 Å². The molecule has 0 amide bonds. The summed E-state index contributed by atoms with van der Waals surface area (Å²) in [6.07, 6.45) is 0. The minimum atomic E-state index is -0.775. The van der Waals surface area contributed by atoms with Gasteiger partial charge in [-0.15, -0.1) is 0 Å². The molecule has 0 radical (unpaired) electrons. The van der Waals surface area contributed by atoms with Crippen LogP contribution < -0.4 is 9.47 Å². The largest absolute Gasteiger partial charge is 0.450 e. The van der Waals surface area contributed by atoms with E-state index in [1.807, 2.05) is 67.6 Å². The molecule has 1 unspecified atom stereocenters. The molecule has 0 N–H and O–H groups in total. The number of rotatable bonds is 4. The highest BCUT2D eigenvalue weighted by Crippen LogP contribution is 2.27. The second-order valence-electron chi connectivity index (χ2n) is 3.85. The fourth-order valence-corrected chi connectivity index (χ4v) is 1.74. The standard InChI is InChI=1S/C14H15O2P/c1-14(17,15-12-8-4-2-5-9-12)16-13-10-6-3-7-11-13/h2-11H,17H2,1H3. The first-order valence-electron chi connectivity index (χ1n) is 5.43. The highest BCUT2D eigenvalue weighted by Gasteiger charge is 2.21. The van der Waals surface area contributed by atoms with Crippen molar-refractivity contribution in [2.24, 2.45) is 0 Å². The second kappa shape index (κ2) is 5.20. The van der Waals surface area contributed by atoms with Crippen molar-refractivity contribution >= 4 is 9.24 Å². The molecule has 17 heavy (non-hydrogen) atoms. The summed E-state index contributed by atoms with van der Waals surface area (Å²) in [6.45, 7) is 1.86. The van der Waals surface area contributed by atoms with Gasteiger partial charge in [-0.25, -0.2) is 0 Å². The molecule has 0 aliphatic rings. The van der Waals surface area contributed by atoms with Gasteiger partial charge in [0, 0.05) is 6.92 Å². The van der Waals surface area contributed by atoms with Crippen molar-refractivity contribution in [2.75, 3.05) is 0 Å². The fraction of sp³-hybridized carbons (Fsp3) is 0.143. The van der Waals surface area contributed by atoms with Crippen LogP contribution in [-0.2, 0) is 0 Å². The highest BCUT2D eigenvalue weighted by atomic mass is 31.0. The highest BCUT2D eigenvalue weighted by molar-refractivity contribution is 7.18. The minimum absolute atomic E-state index is 0.775. The van der Waals surface area contributed by atoms with Crippen molar-refractivity contribution < 1.29 is 9.47 Å². The molecule has 2 aromatic carbocycles. The van der Waals surface area contributed by atoms with Gasteiger partial charge in [-0.3, -0.25) is 0 Å². The average Bonchev–Trinajstić information content (AvgIpc) is 2.30. The van der Waals surface area contributed by atoms with Crippen molar-refractivity contribution in [3.63, 3.8) is 0 Å². The molecule has 0 saturated heterocycles. The van der Waals surface area contributed by atoms with Crippen LogP contribution in [0.15, 0.2) is 60.7 Å². The van der Waals surface area contributed by atoms with E-state index in [0.29, 0.717) is 0 Å². The molecule has 1 atom stereocenters. The van der Waals surface area contributed by atoms with Gasteiger partial charge in [0.1, 0.15) is 11.5 Å². The molecule has 0 aromatic heterocycles. The predicted molar refractivity (Wildman–Crippen MR) is 72.3 cm³/mol. The summed E-state index contributed by atoms with van der Waals surface area (Å²) in [5, 5.41) is 0. The Hall–Kier alpha value is -1.53. The van der Waals surface area contributed by atoms with Gasteiger partial charge in [0.2, 0.25) is 0 Å². The summed E-state index contributed by atoms with van der Waals surface area (Å²) in [5.74, 6) is 1.56. The van der Waals surface area contributed by atoms with Gasteiger partial charge in [0.15, 0.2) is 0 Å². The lowest BCUT2D eigenvalue weighted by molar-refractivity contribution is -0.0140. The normalized spacial score (nSPS) is 10.9. The van der Waals surface area contributed by atoms with Crippen molar-refractivity contribution in [2.45, 2.75) is 12.5 Å². The van der Waals surface area contributed by atoms with Crippen LogP contribution in [0.4, 0.5) is 0 Å². The van der Waals surface area contributed by atoms with Gasteiger partial charge >= 0.3 is 0 Å². The van der Waals surface area contributed by atoms with Crippen LogP contribution in [0.1, 0.15) is 6.92 Å². The number of hydrogen-bond donors (Lipinski definition) is 0. The first kappa shape index (κ1) is 11.9. The lowest BCUT2D eigenvalue weighted by atomic mass is 10.3. The molecule has 2 aromatic rings. The third kappa shape index (κ3) is 3.76. The molecule has 3 heteroatoms. The molecule has 2 rings (SSSR count). The Bertz CT molecular complexity index is 411. The molecule has 0 heterocycles. The lowest BCUT2D eigenvalue weighted by Gasteiger charge is -2.27. The molecule has 0 fully saturated rings. The average molecular weight is 246 g/mol. The van der Waals surface area contributed by atoms with E-state index in [1.165, 1.54) is 0 Å². The van der Waals surface area contributed by atoms with Crippen LogP contribution in [0.5, 0.6) is 11.5 Å². The first-order valence-corrected chi connectivity index (χ1v) is 6.00. The van der Waals surface area contributed by atoms with E-state index in [4.69, 9.17) is 9.47 Å². The Balaban J connectivity index is 2.04. The van der Waals surface area contributed by atoms with E-state index >= 15 is 0 Å². The third-order valence-electron chi connectivity index (χ3n) is 2.13. The van der Waals surface area contributed by atoms with Gasteiger partial charge in [0.05, 0.1) is 0 Å². The number of hydrogen-bond acceptors (Lipinski definition) is 2. The zero-order chi connectivity index (χ0) is 12.1. The zero-order valence-electron chi connectivity index (χ0n) is 9.67. The maximum Gasteiger partial charge on any atom is 0.259 e. The van der Waals surface area contributed by atoms with E-state index in [9.17, 15) is 0 Å². The van der Waals surface area contributed by atoms with Gasteiger partial charge in [-0.1, -0.05) is 36.4 Å². The SMILES string of the molecule is CC(P)(Oc1ccccc1)Oc1ccccc1. The van der Waals surface area contributed by atoms with Crippen LogP contribution >= 0.6 is 9.24 Å². The molecular formula is C14H15O2P. The smallest absolute Gasteiger partial charge is 0.259 e. The zero-order valence-corrected chi connectivity index (χ0v) is 10.8. The van der Waals surface area contributed by atoms with E-state index in [1.54, 1.807) is 0 Å². The second-order valence-corrected chi connectivity index (χ2v) is 4.89. The quantitative estimate of drug-likeness (QED) is 0.605. The van der Waals surface area contributed by atoms with Gasteiger partial charge in [-0.2, -0.15) is 0 Å². The number of ether oxygens (including phenoxy) is 2. The topological polar surface area (TPSA) is 18.5 Å². The van der Waals surface area contributed by atoms with E-state index in [2.05, 4.69) is 9.24 Å². The molecule has 2 nitrogen and oxygen atoms in total. The Labute approximate surface area is 104 Å². The van der Waals surface area contributed by atoms with Gasteiger partial charge in [-0.05, 0) is 33.5 Å². The first-order chi connectivity index (χ1) is 8.16. The molecule has 0 aliphatic heterocycles. The maximum atomic E-state index is 5.75. The Morgan fingerprint density at radius 1 is 0.765 bits per heavy atom. The van der Waals surface area contributed by atoms with Crippen molar-refractivity contribution in [1.82, 2.24) is 0 Å². The Kier molecular flexibility index (Phi) is 3.65. The van der Waals surface area contributed by atoms with Gasteiger partial charge < -0.3 is 9.47 Å². The van der Waals surface area contributed by atoms with E-state index in [-0.39, 0.29) is 0 Å². The van der Waals surface area contributed by atoms with E-state index < -0.39 is 5.53 Å². The summed E-state index contributed by atoms with van der Waals surface area (Å²) < 4.78 is 11.5. The molecule has 0 bridgehead atoms. The lowest BCUT2D eigenvalue weighted by Crippen LogP contribution is -2.31. The summed E-state index contributed by atoms with van der Waals surface area (Å²) in [4.78, 5) is 0. The number of benzene rings is 2. The van der Waals surface area contributed by atoms with Crippen molar-refractivity contribution in [1.29, 1.82) is 0 Å². The molecular weight excluding hydrogens is 231 g/mol.